The number of anilines is 1. The SMILES string of the molecule is CC(C)CCCOc1c2cc(C(C)(C)C)cc1Cc1cc(C(C)(C)C)cc(c1OCCCC(C)C)Cc1cc(C(C)(C)C)cc(c1OCCCC(C)C)Cc1cc(C(C)(C)C)cc(c1OCCCC(C)C)Cc1cc(NC(=O)c3ccc4ccc5cccc6ccc3c4c56)cc(c1OCCCCCCCCCCCCN)C2. The monoisotopic (exact) mass is 1520 g/mol. The van der Waals surface area contributed by atoms with Crippen LogP contribution in [0.15, 0.2) is 115 Å². The fourth-order valence-electron chi connectivity index (χ4n) is 16.5. The Labute approximate surface area is 678 Å². The van der Waals surface area contributed by atoms with Crippen molar-refractivity contribution in [2.75, 3.05) is 44.9 Å². The van der Waals surface area contributed by atoms with Crippen molar-refractivity contribution in [1.82, 2.24) is 0 Å². The second-order valence-corrected chi connectivity index (χ2v) is 39.1. The lowest BCUT2D eigenvalue weighted by Gasteiger charge is -2.29. The summed E-state index contributed by atoms with van der Waals surface area (Å²) in [4.78, 5) is 15.9. The summed E-state index contributed by atoms with van der Waals surface area (Å²) in [6, 6.07) is 43.5. The minimum Gasteiger partial charge on any atom is -0.493 e. The molecule has 1 aliphatic carbocycles. The molecule has 10 bridgehead atoms. The number of unbranched alkanes of at least 4 members (excludes halogenated alkanes) is 9. The first-order valence-electron chi connectivity index (χ1n) is 43.9. The summed E-state index contributed by atoms with van der Waals surface area (Å²) < 4.78 is 37.9. The third-order valence-electron chi connectivity index (χ3n) is 23.1. The van der Waals surface area contributed by atoms with Gasteiger partial charge in [-0.2, -0.15) is 0 Å². The van der Waals surface area contributed by atoms with Crippen LogP contribution in [0.3, 0.4) is 0 Å². The van der Waals surface area contributed by atoms with Crippen LogP contribution in [0.25, 0.3) is 32.3 Å². The number of nitrogens with one attached hydrogen (secondary N) is 1. The van der Waals surface area contributed by atoms with E-state index in [1.54, 1.807) is 0 Å². The van der Waals surface area contributed by atoms with Gasteiger partial charge < -0.3 is 34.7 Å². The van der Waals surface area contributed by atoms with Gasteiger partial charge in [0, 0.05) is 54.5 Å². The zero-order valence-electron chi connectivity index (χ0n) is 73.3. The number of benzene rings is 9. The highest BCUT2D eigenvalue weighted by Gasteiger charge is 2.31. The Bertz CT molecular complexity index is 4350. The lowest BCUT2D eigenvalue weighted by Crippen LogP contribution is -2.18. The Morgan fingerprint density at radius 2 is 0.589 bits per heavy atom. The Morgan fingerprint density at radius 3 is 0.884 bits per heavy atom. The van der Waals surface area contributed by atoms with E-state index in [0.29, 0.717) is 100 Å². The number of rotatable bonds is 35. The third kappa shape index (κ3) is 23.6. The predicted octanol–water partition coefficient (Wildman–Crippen LogP) is 27.8. The molecule has 0 aliphatic heterocycles. The highest BCUT2D eigenvalue weighted by Crippen LogP contribution is 2.47. The molecule has 0 spiro atoms. The van der Waals surface area contributed by atoms with Gasteiger partial charge in [0.25, 0.3) is 5.91 Å². The average Bonchev–Trinajstić information content (AvgIpc) is 0.737. The highest BCUT2D eigenvalue weighted by molar-refractivity contribution is 6.27. The molecule has 0 aromatic heterocycles. The lowest BCUT2D eigenvalue weighted by molar-refractivity contribution is 0.102. The first-order chi connectivity index (χ1) is 53.2. The fourth-order valence-corrected chi connectivity index (χ4v) is 16.5. The summed E-state index contributed by atoms with van der Waals surface area (Å²) in [6.07, 6.45) is 22.5. The summed E-state index contributed by atoms with van der Waals surface area (Å²) in [6.45, 7) is 50.4. The Kier molecular flexibility index (Phi) is 30.4. The number of ether oxygens (including phenoxy) is 5. The van der Waals surface area contributed by atoms with Gasteiger partial charge in [-0.05, 0) is 233 Å². The maximum atomic E-state index is 15.9. The van der Waals surface area contributed by atoms with Crippen LogP contribution in [0.2, 0.25) is 0 Å². The molecule has 112 heavy (non-hydrogen) atoms. The molecule has 0 fully saturated rings. The van der Waals surface area contributed by atoms with Crippen molar-refractivity contribution in [2.24, 2.45) is 29.4 Å². The van der Waals surface area contributed by atoms with Crippen molar-refractivity contribution in [2.45, 2.75) is 308 Å². The molecule has 3 N–H and O–H groups in total. The van der Waals surface area contributed by atoms with Crippen LogP contribution < -0.4 is 34.7 Å². The standard InChI is InChI=1S/C104H144N2O6/c1-69(2)36-32-50-109-95-76-54-77-60-87(102(12,13)14)62-79(96(77)110-51-33-37-70(3)4)56-81-64-89(104(18,19)20)66-83(98(81)112-53-35-39-72(7)8)58-85-68-90(106-100(107)92-47-45-75-43-42-73-40-31-41-74-44-46-91(92)94(75)93(73)74)67-84(99(85)108-49-30-28-26-24-22-21-23-25-27-29-48-105)57-82-65-88(103(15,16)17)63-80(97(82)111-52-34-38-71(5)6)55-78(95)61-86(59-76)101(9,10)11/h31,40-47,59-72H,21-30,32-39,48-58,105H2,1-20H3,(H,106,107). The van der Waals surface area contributed by atoms with Gasteiger partial charge in [0.05, 0.1) is 33.0 Å². The number of fused-ring (bicyclic) bond motifs is 10. The minimum absolute atomic E-state index is 0.156. The van der Waals surface area contributed by atoms with Gasteiger partial charge in [-0.1, -0.05) is 287 Å². The van der Waals surface area contributed by atoms with E-state index in [1.807, 2.05) is 6.07 Å². The molecule has 10 rings (SSSR count). The third-order valence-corrected chi connectivity index (χ3v) is 23.1. The zero-order valence-corrected chi connectivity index (χ0v) is 73.3. The minimum atomic E-state index is -0.254. The first-order valence-corrected chi connectivity index (χ1v) is 43.9. The molecule has 9 aromatic rings. The van der Waals surface area contributed by atoms with E-state index < -0.39 is 0 Å². The number of carbonyl (C=O) groups is 1. The second-order valence-electron chi connectivity index (χ2n) is 39.1. The molecule has 0 saturated heterocycles. The molecule has 0 atom stereocenters. The van der Waals surface area contributed by atoms with E-state index in [4.69, 9.17) is 29.4 Å². The van der Waals surface area contributed by atoms with Crippen LogP contribution in [0.5, 0.6) is 28.7 Å². The van der Waals surface area contributed by atoms with Gasteiger partial charge in [-0.3, -0.25) is 4.79 Å². The van der Waals surface area contributed by atoms with Crippen LogP contribution in [0.4, 0.5) is 5.69 Å². The van der Waals surface area contributed by atoms with E-state index >= 15 is 4.79 Å². The number of hydrogen-bond donors (Lipinski definition) is 2. The average molecular weight is 1520 g/mol. The Morgan fingerprint density at radius 1 is 0.330 bits per heavy atom. The molecule has 1 aliphatic rings. The molecule has 0 heterocycles. The molecular formula is C104H144N2O6. The van der Waals surface area contributed by atoms with Gasteiger partial charge in [-0.25, -0.2) is 0 Å². The van der Waals surface area contributed by atoms with Gasteiger partial charge in [0.15, 0.2) is 0 Å². The van der Waals surface area contributed by atoms with Crippen molar-refractivity contribution in [3.63, 3.8) is 0 Å². The zero-order chi connectivity index (χ0) is 80.7. The van der Waals surface area contributed by atoms with E-state index in [1.165, 1.54) is 77.3 Å². The predicted molar refractivity (Wildman–Crippen MR) is 478 cm³/mol. The summed E-state index contributed by atoms with van der Waals surface area (Å²) in [5.74, 6) is 6.56. The van der Waals surface area contributed by atoms with E-state index in [2.05, 4.69) is 253 Å². The van der Waals surface area contributed by atoms with Gasteiger partial charge in [0.2, 0.25) is 0 Å². The highest BCUT2D eigenvalue weighted by atomic mass is 16.5. The lowest BCUT2D eigenvalue weighted by atomic mass is 9.79. The number of nitrogens with two attached hydrogens (primary N) is 1. The second kappa shape index (κ2) is 39.2. The molecule has 0 radical (unpaired) electrons. The molecule has 1 amide bonds. The van der Waals surface area contributed by atoms with Crippen molar-refractivity contribution in [1.29, 1.82) is 0 Å². The van der Waals surface area contributed by atoms with Crippen molar-refractivity contribution in [3.8, 4) is 28.7 Å². The smallest absolute Gasteiger partial charge is 0.256 e. The van der Waals surface area contributed by atoms with Crippen molar-refractivity contribution >= 4 is 43.9 Å². The molecule has 8 heteroatoms. The van der Waals surface area contributed by atoms with Crippen molar-refractivity contribution in [3.05, 3.63) is 199 Å². The van der Waals surface area contributed by atoms with Gasteiger partial charge >= 0.3 is 0 Å². The van der Waals surface area contributed by atoms with Crippen LogP contribution in [-0.4, -0.2) is 45.5 Å². The number of carbonyl (C=O) groups excluding carboxylic acids is 1. The van der Waals surface area contributed by atoms with E-state index in [9.17, 15) is 0 Å². The van der Waals surface area contributed by atoms with Crippen LogP contribution in [0.1, 0.15) is 342 Å². The maximum Gasteiger partial charge on any atom is 0.256 e. The maximum absolute atomic E-state index is 15.9. The van der Waals surface area contributed by atoms with E-state index in [0.717, 1.165) is 184 Å². The Balaban J connectivity index is 1.30. The number of amides is 1. The molecule has 9 aromatic carbocycles. The van der Waals surface area contributed by atoms with Gasteiger partial charge in [-0.15, -0.1) is 0 Å². The molecule has 0 unspecified atom stereocenters. The quantitative estimate of drug-likeness (QED) is 0.0301. The summed E-state index contributed by atoms with van der Waals surface area (Å²) in [7, 11) is 0. The molecule has 8 nitrogen and oxygen atoms in total. The van der Waals surface area contributed by atoms with Crippen LogP contribution in [-0.2, 0) is 53.8 Å². The van der Waals surface area contributed by atoms with E-state index in [-0.39, 0.29) is 27.6 Å². The summed E-state index contributed by atoms with van der Waals surface area (Å²) >= 11 is 0. The summed E-state index contributed by atoms with van der Waals surface area (Å²) in [5, 5.41) is 10.3. The summed E-state index contributed by atoms with van der Waals surface area (Å²) in [5.41, 5.74) is 22.4. The van der Waals surface area contributed by atoms with Crippen LogP contribution >= 0.6 is 0 Å². The first kappa shape index (κ1) is 86.8. The van der Waals surface area contributed by atoms with Gasteiger partial charge in [0.1, 0.15) is 28.7 Å². The Hall–Kier alpha value is -7.55. The molecular weight excluding hydrogens is 1370 g/mol. The molecule has 606 valence electrons. The van der Waals surface area contributed by atoms with Crippen molar-refractivity contribution < 1.29 is 28.5 Å². The fraction of sp³-hybridized carbons (Fsp3) is 0.548. The topological polar surface area (TPSA) is 101 Å². The van der Waals surface area contributed by atoms with Crippen LogP contribution in [0, 0.1) is 23.7 Å². The molecule has 0 saturated carbocycles. The number of hydrogen-bond acceptors (Lipinski definition) is 7. The normalized spacial score (nSPS) is 13.2. The largest absolute Gasteiger partial charge is 0.493 e.